The van der Waals surface area contributed by atoms with Crippen molar-refractivity contribution < 1.29 is 27.9 Å². The topological polar surface area (TPSA) is 78.4 Å². The molecule has 0 aliphatic heterocycles. The third kappa shape index (κ3) is 4.37. The number of rotatable bonds is 5. The molecule has 1 aromatic carbocycles. The van der Waals surface area contributed by atoms with Gasteiger partial charge in [-0.3, -0.25) is 0 Å². The maximum Gasteiger partial charge on any atom is 0.408 e. The minimum absolute atomic E-state index is 0.0149. The highest BCUT2D eigenvalue weighted by atomic mass is 19.4. The maximum atomic E-state index is 12.8. The van der Waals surface area contributed by atoms with E-state index in [1.54, 1.807) is 0 Å². The molecule has 3 N–H and O–H groups in total. The number of carbonyl (C=O) groups excluding carboxylic acids is 1. The van der Waals surface area contributed by atoms with Crippen LogP contribution in [0.5, 0.6) is 0 Å². The van der Waals surface area contributed by atoms with E-state index < -0.39 is 30.1 Å². The van der Waals surface area contributed by atoms with E-state index in [0.717, 1.165) is 0 Å². The predicted octanol–water partition coefficient (Wildman–Crippen LogP) is 2.52. The number of carboxylic acid groups (broad SMARTS) is 1. The summed E-state index contributed by atoms with van der Waals surface area (Å²) in [6, 6.07) is 3.00. The molecule has 0 bridgehead atoms. The molecule has 1 atom stereocenters. The van der Waals surface area contributed by atoms with E-state index in [-0.39, 0.29) is 12.1 Å². The van der Waals surface area contributed by atoms with Crippen molar-refractivity contribution >= 4 is 12.0 Å². The van der Waals surface area contributed by atoms with Crippen molar-refractivity contribution in [2.24, 2.45) is 5.92 Å². The molecule has 1 aliphatic rings. The van der Waals surface area contributed by atoms with E-state index in [1.165, 1.54) is 24.3 Å². The number of nitrogens with one attached hydrogen (secondary N) is 2. The van der Waals surface area contributed by atoms with Crippen molar-refractivity contribution in [2.75, 3.05) is 0 Å². The molecule has 22 heavy (non-hydrogen) atoms. The lowest BCUT2D eigenvalue weighted by Crippen LogP contribution is -2.50. The van der Waals surface area contributed by atoms with Gasteiger partial charge in [0.05, 0.1) is 5.56 Å². The number of amides is 2. The average Bonchev–Trinajstić information content (AvgIpc) is 3.26. The molecule has 2 rings (SSSR count). The van der Waals surface area contributed by atoms with Crippen molar-refractivity contribution in [3.8, 4) is 0 Å². The molecule has 0 heterocycles. The van der Waals surface area contributed by atoms with Gasteiger partial charge in [0.2, 0.25) is 0 Å². The standard InChI is InChI=1S/C14H15F3N2O3/c15-14(16,17)11(9-5-6-9)19-13(22)18-7-8-1-3-10(4-2-8)12(20)21/h1-4,9,11H,5-7H2,(H,20,21)(H2,18,19,22). The van der Waals surface area contributed by atoms with Gasteiger partial charge in [0.15, 0.2) is 0 Å². The highest BCUT2D eigenvalue weighted by molar-refractivity contribution is 5.87. The first kappa shape index (κ1) is 16.1. The zero-order valence-electron chi connectivity index (χ0n) is 11.5. The van der Waals surface area contributed by atoms with E-state index in [9.17, 15) is 22.8 Å². The van der Waals surface area contributed by atoms with Gasteiger partial charge in [-0.05, 0) is 36.5 Å². The minimum Gasteiger partial charge on any atom is -0.478 e. The van der Waals surface area contributed by atoms with Crippen LogP contribution < -0.4 is 10.6 Å². The van der Waals surface area contributed by atoms with E-state index in [1.807, 2.05) is 5.32 Å². The smallest absolute Gasteiger partial charge is 0.408 e. The molecule has 0 aromatic heterocycles. The first-order valence-electron chi connectivity index (χ1n) is 6.70. The summed E-state index contributed by atoms with van der Waals surface area (Å²) in [5.41, 5.74) is 0.689. The molecule has 8 heteroatoms. The molecule has 1 saturated carbocycles. The maximum absolute atomic E-state index is 12.8. The van der Waals surface area contributed by atoms with E-state index in [4.69, 9.17) is 5.11 Å². The van der Waals surface area contributed by atoms with Crippen LogP contribution in [0.3, 0.4) is 0 Å². The molecule has 1 aliphatic carbocycles. The zero-order chi connectivity index (χ0) is 16.3. The number of carboxylic acids is 1. The molecule has 0 spiro atoms. The lowest BCUT2D eigenvalue weighted by Gasteiger charge is -2.21. The van der Waals surface area contributed by atoms with Gasteiger partial charge in [0, 0.05) is 6.54 Å². The molecule has 5 nitrogen and oxygen atoms in total. The Kier molecular flexibility index (Phi) is 4.58. The lowest BCUT2D eigenvalue weighted by atomic mass is 10.1. The van der Waals surface area contributed by atoms with Crippen molar-refractivity contribution in [2.45, 2.75) is 31.6 Å². The minimum atomic E-state index is -4.46. The molecule has 0 radical (unpaired) electrons. The van der Waals surface area contributed by atoms with Crippen LogP contribution in [0.25, 0.3) is 0 Å². The lowest BCUT2D eigenvalue weighted by molar-refractivity contribution is -0.157. The Morgan fingerprint density at radius 3 is 2.27 bits per heavy atom. The summed E-state index contributed by atoms with van der Waals surface area (Å²) >= 11 is 0. The molecule has 1 unspecified atom stereocenters. The highest BCUT2D eigenvalue weighted by Gasteiger charge is 2.49. The van der Waals surface area contributed by atoms with Crippen LogP contribution in [0.1, 0.15) is 28.8 Å². The summed E-state index contributed by atoms with van der Waals surface area (Å²) in [6.07, 6.45) is -3.54. The molecular formula is C14H15F3N2O3. The molecular weight excluding hydrogens is 301 g/mol. The Hall–Kier alpha value is -2.25. The van der Waals surface area contributed by atoms with Crippen LogP contribution in [0.2, 0.25) is 0 Å². The number of benzene rings is 1. The molecule has 1 aromatic rings. The van der Waals surface area contributed by atoms with Gasteiger partial charge >= 0.3 is 18.2 Å². The first-order chi connectivity index (χ1) is 10.3. The Labute approximate surface area is 124 Å². The van der Waals surface area contributed by atoms with Crippen LogP contribution in [-0.4, -0.2) is 29.3 Å². The zero-order valence-corrected chi connectivity index (χ0v) is 11.5. The summed E-state index contributed by atoms with van der Waals surface area (Å²) < 4.78 is 38.3. The van der Waals surface area contributed by atoms with Gasteiger partial charge in [-0.2, -0.15) is 13.2 Å². The molecule has 2 amide bonds. The van der Waals surface area contributed by atoms with Gasteiger partial charge < -0.3 is 15.7 Å². The van der Waals surface area contributed by atoms with Gasteiger partial charge in [-0.1, -0.05) is 12.1 Å². The van der Waals surface area contributed by atoms with E-state index in [0.29, 0.717) is 18.4 Å². The predicted molar refractivity (Wildman–Crippen MR) is 71.3 cm³/mol. The number of halogens is 3. The largest absolute Gasteiger partial charge is 0.478 e. The monoisotopic (exact) mass is 316 g/mol. The van der Waals surface area contributed by atoms with Crippen molar-refractivity contribution in [1.82, 2.24) is 10.6 Å². The fourth-order valence-corrected chi connectivity index (χ4v) is 2.04. The quantitative estimate of drug-likeness (QED) is 0.781. The number of aromatic carboxylic acids is 1. The summed E-state index contributed by atoms with van der Waals surface area (Å²) in [7, 11) is 0. The second-order valence-electron chi connectivity index (χ2n) is 5.19. The number of hydrogen-bond donors (Lipinski definition) is 3. The normalized spacial score (nSPS) is 16.0. The fraction of sp³-hybridized carbons (Fsp3) is 0.429. The summed E-state index contributed by atoms with van der Waals surface area (Å²) in [6.45, 7) is 0.0149. The summed E-state index contributed by atoms with van der Waals surface area (Å²) in [5, 5.41) is 13.0. The van der Waals surface area contributed by atoms with Crippen LogP contribution in [0.15, 0.2) is 24.3 Å². The van der Waals surface area contributed by atoms with Crippen molar-refractivity contribution in [3.63, 3.8) is 0 Å². The van der Waals surface area contributed by atoms with Crippen LogP contribution in [0, 0.1) is 5.92 Å². The van der Waals surface area contributed by atoms with E-state index >= 15 is 0 Å². The number of urea groups is 1. The van der Waals surface area contributed by atoms with Gasteiger partial charge in [0.1, 0.15) is 6.04 Å². The van der Waals surface area contributed by atoms with Gasteiger partial charge in [0.25, 0.3) is 0 Å². The third-order valence-corrected chi connectivity index (χ3v) is 3.39. The molecule has 0 saturated heterocycles. The van der Waals surface area contributed by atoms with Crippen molar-refractivity contribution in [3.05, 3.63) is 35.4 Å². The van der Waals surface area contributed by atoms with Crippen LogP contribution >= 0.6 is 0 Å². The van der Waals surface area contributed by atoms with Gasteiger partial charge in [-0.25, -0.2) is 9.59 Å². The number of carbonyl (C=O) groups is 2. The third-order valence-electron chi connectivity index (χ3n) is 3.39. The molecule has 120 valence electrons. The Morgan fingerprint density at radius 2 is 1.82 bits per heavy atom. The molecule has 1 fully saturated rings. The van der Waals surface area contributed by atoms with Crippen LogP contribution in [0.4, 0.5) is 18.0 Å². The van der Waals surface area contributed by atoms with E-state index in [2.05, 4.69) is 5.32 Å². The fourth-order valence-electron chi connectivity index (χ4n) is 2.04. The summed E-state index contributed by atoms with van der Waals surface area (Å²) in [5.74, 6) is -1.62. The second kappa shape index (κ2) is 6.25. The Bertz CT molecular complexity index is 553. The van der Waals surface area contributed by atoms with Crippen molar-refractivity contribution in [1.29, 1.82) is 0 Å². The highest BCUT2D eigenvalue weighted by Crippen LogP contribution is 2.40. The summed E-state index contributed by atoms with van der Waals surface area (Å²) in [4.78, 5) is 22.2. The Balaban J connectivity index is 1.85. The number of hydrogen-bond acceptors (Lipinski definition) is 2. The van der Waals surface area contributed by atoms with Gasteiger partial charge in [-0.15, -0.1) is 0 Å². The number of alkyl halides is 3. The first-order valence-corrected chi connectivity index (χ1v) is 6.70. The second-order valence-corrected chi connectivity index (χ2v) is 5.19. The Morgan fingerprint density at radius 1 is 1.23 bits per heavy atom. The SMILES string of the molecule is O=C(NCc1ccc(C(=O)O)cc1)NC(C1CC1)C(F)(F)F. The van der Waals surface area contributed by atoms with Crippen LogP contribution in [-0.2, 0) is 6.54 Å². The average molecular weight is 316 g/mol.